The Labute approximate surface area is 151 Å². The lowest BCUT2D eigenvalue weighted by Crippen LogP contribution is -2.40. The lowest BCUT2D eigenvalue weighted by atomic mass is 9.89. The van der Waals surface area contributed by atoms with E-state index in [1.807, 2.05) is 24.3 Å². The van der Waals surface area contributed by atoms with E-state index in [9.17, 15) is 13.2 Å². The Morgan fingerprint density at radius 1 is 1.16 bits per heavy atom. The van der Waals surface area contributed by atoms with Crippen LogP contribution >= 0.6 is 0 Å². The normalized spacial score (nSPS) is 16.0. The molecule has 1 fully saturated rings. The minimum atomic E-state index is -3.39. The molecule has 0 saturated heterocycles. The van der Waals surface area contributed by atoms with Gasteiger partial charge in [0, 0.05) is 12.5 Å². The second-order valence-corrected chi connectivity index (χ2v) is 9.11. The summed E-state index contributed by atoms with van der Waals surface area (Å²) in [7, 11) is -3.39. The lowest BCUT2D eigenvalue weighted by molar-refractivity contribution is -0.125. The van der Waals surface area contributed by atoms with E-state index in [1.165, 1.54) is 22.5 Å². The maximum atomic E-state index is 12.2. The highest BCUT2D eigenvalue weighted by molar-refractivity contribution is 7.92. The average molecular weight is 367 g/mol. The van der Waals surface area contributed by atoms with E-state index in [0.717, 1.165) is 25.7 Å². The number of nitrogens with zero attached hydrogens (tertiary/aromatic N) is 1. The minimum absolute atomic E-state index is 0.0586. The molecule has 2 rings (SSSR count). The fourth-order valence-corrected chi connectivity index (χ4v) is 4.23. The van der Waals surface area contributed by atoms with Crippen molar-refractivity contribution in [3.8, 4) is 0 Å². The summed E-state index contributed by atoms with van der Waals surface area (Å²) in [6.45, 7) is 4.78. The van der Waals surface area contributed by atoms with Crippen LogP contribution in [0.2, 0.25) is 0 Å². The second kappa shape index (κ2) is 8.70. The van der Waals surface area contributed by atoms with Gasteiger partial charge in [-0.05, 0) is 36.5 Å². The number of sulfonamides is 1. The number of benzene rings is 1. The quantitative estimate of drug-likeness (QED) is 0.805. The summed E-state index contributed by atoms with van der Waals surface area (Å²) in [5.74, 6) is 0.546. The maximum absolute atomic E-state index is 12.2. The molecule has 0 aromatic heterocycles. The van der Waals surface area contributed by atoms with Crippen molar-refractivity contribution in [3.05, 3.63) is 29.8 Å². The maximum Gasteiger partial charge on any atom is 0.232 e. The van der Waals surface area contributed by atoms with Crippen molar-refractivity contribution in [1.29, 1.82) is 0 Å². The van der Waals surface area contributed by atoms with Crippen molar-refractivity contribution in [1.82, 2.24) is 5.32 Å². The van der Waals surface area contributed by atoms with Gasteiger partial charge in [-0.25, -0.2) is 8.42 Å². The molecule has 1 aliphatic rings. The molecule has 0 unspecified atom stereocenters. The van der Waals surface area contributed by atoms with Crippen LogP contribution in [0.1, 0.15) is 57.4 Å². The highest BCUT2D eigenvalue weighted by Crippen LogP contribution is 2.24. The van der Waals surface area contributed by atoms with E-state index in [0.29, 0.717) is 18.2 Å². The van der Waals surface area contributed by atoms with Crippen molar-refractivity contribution >= 4 is 21.6 Å². The van der Waals surface area contributed by atoms with E-state index in [1.54, 1.807) is 0 Å². The molecule has 140 valence electrons. The van der Waals surface area contributed by atoms with Gasteiger partial charge >= 0.3 is 0 Å². The third kappa shape index (κ3) is 5.73. The van der Waals surface area contributed by atoms with Gasteiger partial charge in [-0.2, -0.15) is 0 Å². The van der Waals surface area contributed by atoms with E-state index in [4.69, 9.17) is 0 Å². The Kier molecular flexibility index (Phi) is 6.87. The molecule has 1 aliphatic carbocycles. The average Bonchev–Trinajstić information content (AvgIpc) is 2.58. The number of anilines is 1. The summed E-state index contributed by atoms with van der Waals surface area (Å²) in [6, 6.07) is 7.58. The molecule has 0 spiro atoms. The number of nitrogens with one attached hydrogen (secondary N) is 1. The fourth-order valence-electron chi connectivity index (χ4n) is 3.30. The summed E-state index contributed by atoms with van der Waals surface area (Å²) >= 11 is 0. The first-order chi connectivity index (χ1) is 11.8. The van der Waals surface area contributed by atoms with Crippen molar-refractivity contribution in [2.75, 3.05) is 23.7 Å². The summed E-state index contributed by atoms with van der Waals surface area (Å²) in [4.78, 5) is 12.2. The Hall–Kier alpha value is -1.56. The zero-order valence-electron chi connectivity index (χ0n) is 15.5. The summed E-state index contributed by atoms with van der Waals surface area (Å²) in [6.07, 6.45) is 6.51. The molecule has 5 nitrogen and oxygen atoms in total. The Balaban J connectivity index is 1.97. The fraction of sp³-hybridized carbons (Fsp3) is 0.632. The van der Waals surface area contributed by atoms with Crippen LogP contribution in [0.4, 0.5) is 5.69 Å². The summed E-state index contributed by atoms with van der Waals surface area (Å²) in [5.41, 5.74) is 1.81. The van der Waals surface area contributed by atoms with E-state index >= 15 is 0 Å². The predicted molar refractivity (Wildman–Crippen MR) is 102 cm³/mol. The largest absolute Gasteiger partial charge is 0.354 e. The molecule has 0 radical (unpaired) electrons. The minimum Gasteiger partial charge on any atom is -0.354 e. The third-order valence-electron chi connectivity index (χ3n) is 4.84. The molecular weight excluding hydrogens is 336 g/mol. The summed E-state index contributed by atoms with van der Waals surface area (Å²) in [5, 5.41) is 2.91. The van der Waals surface area contributed by atoms with Gasteiger partial charge in [-0.3, -0.25) is 9.10 Å². The second-order valence-electron chi connectivity index (χ2n) is 7.21. The lowest BCUT2D eigenvalue weighted by Gasteiger charge is -2.24. The zero-order valence-corrected chi connectivity index (χ0v) is 16.3. The number of rotatable bonds is 7. The van der Waals surface area contributed by atoms with Crippen LogP contribution in [-0.4, -0.2) is 33.7 Å². The van der Waals surface area contributed by atoms with Gasteiger partial charge in [-0.15, -0.1) is 0 Å². The van der Waals surface area contributed by atoms with E-state index in [2.05, 4.69) is 19.2 Å². The van der Waals surface area contributed by atoms with Crippen molar-refractivity contribution < 1.29 is 13.2 Å². The first kappa shape index (κ1) is 19.8. The predicted octanol–water partition coefficient (Wildman–Crippen LogP) is 3.27. The SMILES string of the molecule is CC(C)c1ccc(N(CCNC(=O)C2CCCCC2)S(C)(=O)=O)cc1. The highest BCUT2D eigenvalue weighted by Gasteiger charge is 2.22. The van der Waals surface area contributed by atoms with Crippen LogP contribution in [0, 0.1) is 5.92 Å². The molecule has 0 atom stereocenters. The first-order valence-electron chi connectivity index (χ1n) is 9.14. The molecule has 6 heteroatoms. The molecule has 1 N–H and O–H groups in total. The molecule has 1 amide bonds. The zero-order chi connectivity index (χ0) is 18.4. The highest BCUT2D eigenvalue weighted by atomic mass is 32.2. The van der Waals surface area contributed by atoms with Gasteiger partial charge in [0.2, 0.25) is 15.9 Å². The first-order valence-corrected chi connectivity index (χ1v) is 11.0. The number of amides is 1. The van der Waals surface area contributed by atoms with Gasteiger partial charge < -0.3 is 5.32 Å². The Morgan fingerprint density at radius 2 is 1.76 bits per heavy atom. The van der Waals surface area contributed by atoms with Gasteiger partial charge in [0.25, 0.3) is 0 Å². The summed E-state index contributed by atoms with van der Waals surface area (Å²) < 4.78 is 25.6. The van der Waals surface area contributed by atoms with E-state index in [-0.39, 0.29) is 18.4 Å². The van der Waals surface area contributed by atoms with Crippen molar-refractivity contribution in [3.63, 3.8) is 0 Å². The molecular formula is C19H30N2O3S. The number of carbonyl (C=O) groups excluding carboxylic acids is 1. The van der Waals surface area contributed by atoms with Crippen LogP contribution in [-0.2, 0) is 14.8 Å². The van der Waals surface area contributed by atoms with Crippen LogP contribution in [0.5, 0.6) is 0 Å². The van der Waals surface area contributed by atoms with Gasteiger partial charge in [-0.1, -0.05) is 45.2 Å². The number of hydrogen-bond acceptors (Lipinski definition) is 3. The Morgan fingerprint density at radius 3 is 2.28 bits per heavy atom. The van der Waals surface area contributed by atoms with Crippen LogP contribution in [0.25, 0.3) is 0 Å². The molecule has 1 aromatic carbocycles. The molecule has 0 heterocycles. The molecule has 0 bridgehead atoms. The van der Waals surface area contributed by atoms with E-state index < -0.39 is 10.0 Å². The molecule has 1 saturated carbocycles. The monoisotopic (exact) mass is 366 g/mol. The molecule has 25 heavy (non-hydrogen) atoms. The molecule has 1 aromatic rings. The standard InChI is InChI=1S/C19H30N2O3S/c1-15(2)16-9-11-18(12-10-16)21(25(3,23)24)14-13-20-19(22)17-7-5-4-6-8-17/h9-12,15,17H,4-8,13-14H2,1-3H3,(H,20,22). The molecule has 0 aliphatic heterocycles. The van der Waals surface area contributed by atoms with Gasteiger partial charge in [0.15, 0.2) is 0 Å². The van der Waals surface area contributed by atoms with Gasteiger partial charge in [0.1, 0.15) is 0 Å². The Bertz CT molecular complexity index is 662. The number of hydrogen-bond donors (Lipinski definition) is 1. The smallest absolute Gasteiger partial charge is 0.232 e. The topological polar surface area (TPSA) is 66.5 Å². The van der Waals surface area contributed by atoms with Crippen LogP contribution < -0.4 is 9.62 Å². The van der Waals surface area contributed by atoms with Crippen LogP contribution in [0.15, 0.2) is 24.3 Å². The van der Waals surface area contributed by atoms with Crippen molar-refractivity contribution in [2.24, 2.45) is 5.92 Å². The van der Waals surface area contributed by atoms with Crippen LogP contribution in [0.3, 0.4) is 0 Å². The number of carbonyl (C=O) groups is 1. The third-order valence-corrected chi connectivity index (χ3v) is 6.03. The van der Waals surface area contributed by atoms with Crippen molar-refractivity contribution in [2.45, 2.75) is 51.9 Å². The van der Waals surface area contributed by atoms with Gasteiger partial charge in [0.05, 0.1) is 18.5 Å².